The first-order chi connectivity index (χ1) is 14.6. The normalized spacial score (nSPS) is 23.1. The molecule has 158 valence electrons. The Morgan fingerprint density at radius 3 is 2.87 bits per heavy atom. The molecule has 0 unspecified atom stereocenters. The summed E-state index contributed by atoms with van der Waals surface area (Å²) in [7, 11) is 1.69. The fourth-order valence-electron chi connectivity index (χ4n) is 4.40. The Hall–Kier alpha value is -2.73. The lowest BCUT2D eigenvalue weighted by Crippen LogP contribution is -2.24. The van der Waals surface area contributed by atoms with Gasteiger partial charge in [0, 0.05) is 5.56 Å². The molecule has 1 aliphatic carbocycles. The molecule has 1 saturated heterocycles. The van der Waals surface area contributed by atoms with E-state index in [2.05, 4.69) is 12.1 Å². The summed E-state index contributed by atoms with van der Waals surface area (Å²) in [5.41, 5.74) is 4.07. The third kappa shape index (κ3) is 2.85. The van der Waals surface area contributed by atoms with Crippen LogP contribution in [0.1, 0.15) is 55.0 Å². The molecule has 3 atom stereocenters. The number of ether oxygens (including phenoxy) is 5. The lowest BCUT2D eigenvalue weighted by Gasteiger charge is -2.28. The standard InChI is InChI=1S/C24H26O6/c1-4-14(2)23(25)27-9-5-6-15-10-17-21(20(11-15)26-3)24(22(17)30-24)16-7-8-18-19(12-16)29-13-28-18/h7-8,10-12,14,22H,4-6,9,13H2,1-3H3/t14-,22-,24+/m1/s1. The summed E-state index contributed by atoms with van der Waals surface area (Å²) in [4.78, 5) is 11.8. The monoisotopic (exact) mass is 410 g/mol. The van der Waals surface area contributed by atoms with Crippen LogP contribution in [0.3, 0.4) is 0 Å². The molecule has 0 amide bonds. The van der Waals surface area contributed by atoms with Crippen molar-refractivity contribution in [3.8, 4) is 17.2 Å². The van der Waals surface area contributed by atoms with E-state index in [1.165, 1.54) is 11.1 Å². The second-order valence-corrected chi connectivity index (χ2v) is 8.14. The summed E-state index contributed by atoms with van der Waals surface area (Å²) < 4.78 is 28.2. The van der Waals surface area contributed by atoms with Crippen molar-refractivity contribution in [1.82, 2.24) is 0 Å². The highest BCUT2D eigenvalue weighted by molar-refractivity contribution is 5.71. The van der Waals surface area contributed by atoms with E-state index in [0.29, 0.717) is 6.61 Å². The molecule has 3 aliphatic rings. The van der Waals surface area contributed by atoms with Gasteiger partial charge in [-0.15, -0.1) is 0 Å². The van der Waals surface area contributed by atoms with Gasteiger partial charge in [0.15, 0.2) is 17.1 Å². The zero-order valence-corrected chi connectivity index (χ0v) is 17.5. The average Bonchev–Trinajstić information content (AvgIpc) is 3.18. The summed E-state index contributed by atoms with van der Waals surface area (Å²) in [6.07, 6.45) is 2.45. The third-order valence-electron chi connectivity index (χ3n) is 6.35. The predicted molar refractivity (Wildman–Crippen MR) is 109 cm³/mol. The number of rotatable bonds is 8. The molecule has 1 fully saturated rings. The van der Waals surface area contributed by atoms with Crippen molar-refractivity contribution in [3.05, 3.63) is 52.6 Å². The molecule has 2 heterocycles. The molecule has 0 bridgehead atoms. The van der Waals surface area contributed by atoms with Crippen LogP contribution in [0.25, 0.3) is 0 Å². The number of aryl methyl sites for hydroxylation is 1. The fraction of sp³-hybridized carbons (Fsp3) is 0.458. The number of epoxide rings is 1. The molecule has 2 aliphatic heterocycles. The number of carbonyl (C=O) groups excluding carboxylic acids is 1. The second kappa shape index (κ2) is 7.20. The number of benzene rings is 2. The minimum atomic E-state index is -0.438. The van der Waals surface area contributed by atoms with Crippen LogP contribution in [0.5, 0.6) is 17.2 Å². The molecule has 30 heavy (non-hydrogen) atoms. The first-order valence-corrected chi connectivity index (χ1v) is 10.5. The van der Waals surface area contributed by atoms with Crippen molar-refractivity contribution < 1.29 is 28.5 Å². The first-order valence-electron chi connectivity index (χ1n) is 10.5. The van der Waals surface area contributed by atoms with Crippen molar-refractivity contribution in [3.63, 3.8) is 0 Å². The van der Waals surface area contributed by atoms with Crippen LogP contribution in [0.15, 0.2) is 30.3 Å². The van der Waals surface area contributed by atoms with E-state index in [4.69, 9.17) is 23.7 Å². The van der Waals surface area contributed by atoms with Crippen molar-refractivity contribution >= 4 is 5.97 Å². The molecule has 5 rings (SSSR count). The molecule has 0 radical (unpaired) electrons. The van der Waals surface area contributed by atoms with Gasteiger partial charge in [-0.1, -0.05) is 26.0 Å². The van der Waals surface area contributed by atoms with Gasteiger partial charge in [-0.2, -0.15) is 0 Å². The smallest absolute Gasteiger partial charge is 0.308 e. The van der Waals surface area contributed by atoms with Gasteiger partial charge in [0.1, 0.15) is 11.9 Å². The minimum absolute atomic E-state index is 0.0436. The van der Waals surface area contributed by atoms with E-state index < -0.39 is 5.60 Å². The minimum Gasteiger partial charge on any atom is -0.496 e. The van der Waals surface area contributed by atoms with Crippen molar-refractivity contribution in [1.29, 1.82) is 0 Å². The van der Waals surface area contributed by atoms with Crippen molar-refractivity contribution in [2.45, 2.75) is 44.8 Å². The molecule has 0 aromatic heterocycles. The van der Waals surface area contributed by atoms with Crippen LogP contribution in [-0.2, 0) is 26.3 Å². The number of carbonyl (C=O) groups is 1. The summed E-state index contributed by atoms with van der Waals surface area (Å²) in [5.74, 6) is 2.20. The van der Waals surface area contributed by atoms with E-state index in [1.807, 2.05) is 32.0 Å². The Morgan fingerprint density at radius 2 is 2.07 bits per heavy atom. The Balaban J connectivity index is 1.30. The van der Waals surface area contributed by atoms with Gasteiger partial charge in [-0.25, -0.2) is 0 Å². The van der Waals surface area contributed by atoms with Crippen molar-refractivity contribution in [2.24, 2.45) is 5.92 Å². The lowest BCUT2D eigenvalue weighted by atomic mass is 9.72. The van der Waals surface area contributed by atoms with E-state index >= 15 is 0 Å². The summed E-state index contributed by atoms with van der Waals surface area (Å²) >= 11 is 0. The Labute approximate surface area is 176 Å². The van der Waals surface area contributed by atoms with Crippen LogP contribution >= 0.6 is 0 Å². The number of hydrogen-bond donors (Lipinski definition) is 0. The van der Waals surface area contributed by atoms with Gasteiger partial charge >= 0.3 is 5.97 Å². The highest BCUT2D eigenvalue weighted by Crippen LogP contribution is 2.73. The first kappa shape index (κ1) is 19.2. The van der Waals surface area contributed by atoms with Gasteiger partial charge in [-0.3, -0.25) is 4.79 Å². The second-order valence-electron chi connectivity index (χ2n) is 8.14. The molecular weight excluding hydrogens is 384 g/mol. The molecule has 6 nitrogen and oxygen atoms in total. The van der Waals surface area contributed by atoms with E-state index in [-0.39, 0.29) is 24.8 Å². The molecule has 0 saturated carbocycles. The quantitative estimate of drug-likeness (QED) is 0.368. The maximum Gasteiger partial charge on any atom is 0.308 e. The predicted octanol–water partition coefficient (Wildman–Crippen LogP) is 4.27. The summed E-state index contributed by atoms with van der Waals surface area (Å²) in [5, 5.41) is 0. The van der Waals surface area contributed by atoms with Gasteiger partial charge in [-0.05, 0) is 54.2 Å². The maximum absolute atomic E-state index is 11.8. The zero-order valence-electron chi connectivity index (χ0n) is 17.5. The number of hydrogen-bond acceptors (Lipinski definition) is 6. The molecular formula is C24H26O6. The highest BCUT2D eigenvalue weighted by atomic mass is 16.7. The molecule has 2 aromatic rings. The highest BCUT2D eigenvalue weighted by Gasteiger charge is 2.71. The van der Waals surface area contributed by atoms with Crippen LogP contribution < -0.4 is 14.2 Å². The molecule has 0 N–H and O–H groups in total. The average molecular weight is 410 g/mol. The molecule has 6 heteroatoms. The zero-order chi connectivity index (χ0) is 20.9. The topological polar surface area (TPSA) is 66.5 Å². The third-order valence-corrected chi connectivity index (χ3v) is 6.35. The number of fused-ring (bicyclic) bond motifs is 5. The van der Waals surface area contributed by atoms with Gasteiger partial charge in [0.2, 0.25) is 6.79 Å². The molecule has 2 aromatic carbocycles. The van der Waals surface area contributed by atoms with Crippen molar-refractivity contribution in [2.75, 3.05) is 20.5 Å². The van der Waals surface area contributed by atoms with E-state index in [0.717, 1.165) is 47.6 Å². The SMILES string of the molecule is CC[C@@H](C)C(=O)OCCCc1cc(OC)c2c(c1)[C@H]1O[C@@]21c1ccc2c(c1)OCO2. The summed E-state index contributed by atoms with van der Waals surface area (Å²) in [6, 6.07) is 10.2. The van der Waals surface area contributed by atoms with Crippen LogP contribution in [0, 0.1) is 5.92 Å². The van der Waals surface area contributed by atoms with Crippen LogP contribution in [0.2, 0.25) is 0 Å². The van der Waals surface area contributed by atoms with Crippen LogP contribution in [0.4, 0.5) is 0 Å². The Morgan fingerprint density at radius 1 is 1.23 bits per heavy atom. The number of esters is 1. The fourth-order valence-corrected chi connectivity index (χ4v) is 4.40. The van der Waals surface area contributed by atoms with Gasteiger partial charge in [0.05, 0.1) is 19.6 Å². The van der Waals surface area contributed by atoms with Crippen LogP contribution in [-0.4, -0.2) is 26.5 Å². The largest absolute Gasteiger partial charge is 0.496 e. The van der Waals surface area contributed by atoms with E-state index in [1.54, 1.807) is 7.11 Å². The van der Waals surface area contributed by atoms with E-state index in [9.17, 15) is 4.79 Å². The Bertz CT molecular complexity index is 999. The van der Waals surface area contributed by atoms with Gasteiger partial charge < -0.3 is 23.7 Å². The lowest BCUT2D eigenvalue weighted by molar-refractivity contribution is -0.148. The molecule has 0 spiro atoms. The maximum atomic E-state index is 11.8. The Kier molecular flexibility index (Phi) is 4.62. The number of methoxy groups -OCH3 is 1. The van der Waals surface area contributed by atoms with Gasteiger partial charge in [0.25, 0.3) is 0 Å². The summed E-state index contributed by atoms with van der Waals surface area (Å²) in [6.45, 7) is 4.57.